The van der Waals surface area contributed by atoms with Gasteiger partial charge in [0.15, 0.2) is 0 Å². The highest BCUT2D eigenvalue weighted by Gasteiger charge is 2.35. The van der Waals surface area contributed by atoms with Crippen molar-refractivity contribution in [1.29, 1.82) is 0 Å². The van der Waals surface area contributed by atoms with Crippen LogP contribution >= 0.6 is 0 Å². The van der Waals surface area contributed by atoms with Crippen LogP contribution in [0, 0.1) is 5.92 Å². The Morgan fingerprint density at radius 3 is 2.42 bits per heavy atom. The lowest BCUT2D eigenvalue weighted by atomic mass is 10.1. The van der Waals surface area contributed by atoms with Crippen LogP contribution in [0.25, 0.3) is 0 Å². The number of hydrogen-bond acceptors (Lipinski definition) is 8. The van der Waals surface area contributed by atoms with E-state index in [2.05, 4.69) is 5.32 Å². The van der Waals surface area contributed by atoms with Crippen molar-refractivity contribution in [3.63, 3.8) is 0 Å². The van der Waals surface area contributed by atoms with Crippen LogP contribution in [0.1, 0.15) is 13.3 Å². The summed E-state index contributed by atoms with van der Waals surface area (Å²) in [5.41, 5.74) is 0. The van der Waals surface area contributed by atoms with Gasteiger partial charge in [-0.15, -0.1) is 0 Å². The molecule has 9 heteroatoms. The standard InChI is InChI=1S/C15H29N3O6/c1-11-6-14(23)18(15(11)24)5-4-17(8-13(22)10-20)3-2-16-7-12(21)9-19/h11-13,16,19-22H,2-10H2,1H3. The van der Waals surface area contributed by atoms with Crippen molar-refractivity contribution in [2.45, 2.75) is 25.6 Å². The molecule has 0 spiro atoms. The number of amides is 2. The predicted molar refractivity (Wildman–Crippen MR) is 86.0 cm³/mol. The fraction of sp³-hybridized carbons (Fsp3) is 0.867. The second-order valence-electron chi connectivity index (χ2n) is 6.17. The molecule has 2 amide bonds. The van der Waals surface area contributed by atoms with Crippen LogP contribution in [0.4, 0.5) is 0 Å². The summed E-state index contributed by atoms with van der Waals surface area (Å²) in [6.07, 6.45) is -1.50. The average molecular weight is 347 g/mol. The van der Waals surface area contributed by atoms with Gasteiger partial charge in [0, 0.05) is 51.6 Å². The Hall–Kier alpha value is -1.10. The highest BCUT2D eigenvalue weighted by molar-refractivity contribution is 6.03. The largest absolute Gasteiger partial charge is 0.394 e. The Morgan fingerprint density at radius 2 is 1.88 bits per heavy atom. The first kappa shape index (κ1) is 20.9. The minimum Gasteiger partial charge on any atom is -0.394 e. The van der Waals surface area contributed by atoms with E-state index in [9.17, 15) is 19.8 Å². The molecule has 9 nitrogen and oxygen atoms in total. The van der Waals surface area contributed by atoms with Gasteiger partial charge in [0.25, 0.3) is 0 Å². The van der Waals surface area contributed by atoms with E-state index in [0.29, 0.717) is 19.6 Å². The van der Waals surface area contributed by atoms with E-state index >= 15 is 0 Å². The maximum atomic E-state index is 11.9. The molecule has 0 bridgehead atoms. The van der Waals surface area contributed by atoms with Crippen molar-refractivity contribution in [2.24, 2.45) is 5.92 Å². The third-order valence-corrected chi connectivity index (χ3v) is 3.98. The molecule has 3 unspecified atom stereocenters. The molecule has 3 atom stereocenters. The van der Waals surface area contributed by atoms with Gasteiger partial charge in [-0.05, 0) is 0 Å². The van der Waals surface area contributed by atoms with Gasteiger partial charge in [0.2, 0.25) is 11.8 Å². The van der Waals surface area contributed by atoms with Crippen molar-refractivity contribution in [1.82, 2.24) is 15.1 Å². The highest BCUT2D eigenvalue weighted by Crippen LogP contribution is 2.18. The Kier molecular flexibility index (Phi) is 9.34. The van der Waals surface area contributed by atoms with Gasteiger partial charge >= 0.3 is 0 Å². The lowest BCUT2D eigenvalue weighted by molar-refractivity contribution is -0.139. The Morgan fingerprint density at radius 1 is 1.21 bits per heavy atom. The molecule has 1 rings (SSSR count). The number of nitrogens with one attached hydrogen (secondary N) is 1. The first-order chi connectivity index (χ1) is 11.4. The molecule has 0 aromatic rings. The van der Waals surface area contributed by atoms with Crippen LogP contribution in [0.2, 0.25) is 0 Å². The summed E-state index contributed by atoms with van der Waals surface area (Å²) in [5.74, 6) is -0.637. The van der Waals surface area contributed by atoms with E-state index in [4.69, 9.17) is 10.2 Å². The van der Waals surface area contributed by atoms with Crippen molar-refractivity contribution >= 4 is 11.8 Å². The second-order valence-corrected chi connectivity index (χ2v) is 6.17. The van der Waals surface area contributed by atoms with Crippen molar-refractivity contribution < 1.29 is 30.0 Å². The zero-order valence-electron chi connectivity index (χ0n) is 14.1. The van der Waals surface area contributed by atoms with Crippen LogP contribution in [0.15, 0.2) is 0 Å². The zero-order valence-corrected chi connectivity index (χ0v) is 14.1. The number of hydrogen-bond donors (Lipinski definition) is 5. The van der Waals surface area contributed by atoms with E-state index in [1.807, 2.05) is 4.90 Å². The van der Waals surface area contributed by atoms with E-state index in [1.165, 1.54) is 4.90 Å². The lowest BCUT2D eigenvalue weighted by Crippen LogP contribution is -2.44. The lowest BCUT2D eigenvalue weighted by Gasteiger charge is -2.26. The molecule has 0 aromatic carbocycles. The van der Waals surface area contributed by atoms with Gasteiger partial charge in [0.05, 0.1) is 25.4 Å². The van der Waals surface area contributed by atoms with Gasteiger partial charge in [-0.2, -0.15) is 0 Å². The summed E-state index contributed by atoms with van der Waals surface area (Å²) in [4.78, 5) is 26.8. The third-order valence-electron chi connectivity index (χ3n) is 3.98. The second kappa shape index (κ2) is 10.7. The first-order valence-corrected chi connectivity index (χ1v) is 8.24. The molecular weight excluding hydrogens is 318 g/mol. The first-order valence-electron chi connectivity index (χ1n) is 8.24. The molecule has 0 aliphatic carbocycles. The van der Waals surface area contributed by atoms with Crippen LogP contribution < -0.4 is 5.32 Å². The average Bonchev–Trinajstić information content (AvgIpc) is 2.80. The molecule has 1 heterocycles. The summed E-state index contributed by atoms with van der Waals surface area (Å²) in [6.45, 7) is 3.13. The molecule has 1 aliphatic heterocycles. The number of aliphatic hydroxyl groups is 4. The molecule has 0 radical (unpaired) electrons. The molecule has 140 valence electrons. The van der Waals surface area contributed by atoms with E-state index in [-0.39, 0.29) is 57.0 Å². The zero-order chi connectivity index (χ0) is 18.1. The quantitative estimate of drug-likeness (QED) is 0.186. The predicted octanol–water partition coefficient (Wildman–Crippen LogP) is -3.02. The number of rotatable bonds is 12. The molecule has 5 N–H and O–H groups in total. The van der Waals surface area contributed by atoms with E-state index in [1.54, 1.807) is 6.92 Å². The fourth-order valence-corrected chi connectivity index (χ4v) is 2.55. The van der Waals surface area contributed by atoms with E-state index < -0.39 is 12.2 Å². The van der Waals surface area contributed by atoms with Crippen molar-refractivity contribution in [3.05, 3.63) is 0 Å². The fourth-order valence-electron chi connectivity index (χ4n) is 2.55. The minimum atomic E-state index is -0.906. The topological polar surface area (TPSA) is 134 Å². The number of carbonyl (C=O) groups is 2. The molecule has 1 aliphatic rings. The number of nitrogens with zero attached hydrogens (tertiary/aromatic N) is 2. The van der Waals surface area contributed by atoms with Gasteiger partial charge in [-0.1, -0.05) is 6.92 Å². The van der Waals surface area contributed by atoms with Gasteiger partial charge in [0.1, 0.15) is 0 Å². The number of aliphatic hydroxyl groups excluding tert-OH is 4. The Bertz CT molecular complexity index is 409. The summed E-state index contributed by atoms with van der Waals surface area (Å²) < 4.78 is 0. The Balaban J connectivity index is 2.44. The highest BCUT2D eigenvalue weighted by atomic mass is 16.3. The molecule has 1 saturated heterocycles. The van der Waals surface area contributed by atoms with Crippen LogP contribution in [-0.2, 0) is 9.59 Å². The smallest absolute Gasteiger partial charge is 0.232 e. The molecule has 24 heavy (non-hydrogen) atoms. The maximum Gasteiger partial charge on any atom is 0.232 e. The van der Waals surface area contributed by atoms with Crippen molar-refractivity contribution in [3.8, 4) is 0 Å². The van der Waals surface area contributed by atoms with Gasteiger partial charge in [-0.3, -0.25) is 19.4 Å². The molecule has 1 fully saturated rings. The van der Waals surface area contributed by atoms with Crippen LogP contribution in [-0.4, -0.2) is 107 Å². The summed E-state index contributed by atoms with van der Waals surface area (Å²) in [7, 11) is 0. The van der Waals surface area contributed by atoms with Crippen LogP contribution in [0.5, 0.6) is 0 Å². The monoisotopic (exact) mass is 347 g/mol. The Labute approximate surface area is 141 Å². The summed E-state index contributed by atoms with van der Waals surface area (Å²) in [5, 5.41) is 39.6. The molecular formula is C15H29N3O6. The van der Waals surface area contributed by atoms with Crippen LogP contribution in [0.3, 0.4) is 0 Å². The summed E-state index contributed by atoms with van der Waals surface area (Å²) in [6, 6.07) is 0. The normalized spacial score (nSPS) is 20.9. The minimum absolute atomic E-state index is 0.174. The molecule has 0 saturated carbocycles. The molecule has 0 aromatic heterocycles. The SMILES string of the molecule is CC1CC(=O)N(CCN(CCNCC(O)CO)CC(O)CO)C1=O. The summed E-state index contributed by atoms with van der Waals surface area (Å²) >= 11 is 0. The van der Waals surface area contributed by atoms with Gasteiger partial charge < -0.3 is 25.7 Å². The number of likely N-dealkylation sites (tertiary alicyclic amines) is 1. The third kappa shape index (κ3) is 6.80. The van der Waals surface area contributed by atoms with Crippen molar-refractivity contribution in [2.75, 3.05) is 52.5 Å². The number of imide groups is 1. The van der Waals surface area contributed by atoms with Gasteiger partial charge in [-0.25, -0.2) is 0 Å². The maximum absolute atomic E-state index is 11.9. The number of carbonyl (C=O) groups excluding carboxylic acids is 2. The van der Waals surface area contributed by atoms with E-state index in [0.717, 1.165) is 0 Å².